The third-order valence-corrected chi connectivity index (χ3v) is 5.46. The van der Waals surface area contributed by atoms with Crippen LogP contribution in [0, 0.1) is 5.82 Å². The van der Waals surface area contributed by atoms with Gasteiger partial charge in [0, 0.05) is 11.5 Å². The van der Waals surface area contributed by atoms with E-state index in [-0.39, 0.29) is 31.1 Å². The average Bonchev–Trinajstić information content (AvgIpc) is 3.36. The Kier molecular flexibility index (Phi) is 4.51. The van der Waals surface area contributed by atoms with Crippen LogP contribution in [0.4, 0.5) is 4.39 Å². The molecule has 0 bridgehead atoms. The molecule has 0 saturated heterocycles. The number of carbonyl (C=O) groups excluding carboxylic acids is 1. The number of hydrogen-bond donors (Lipinski definition) is 0. The van der Waals surface area contributed by atoms with E-state index >= 15 is 0 Å². The topological polar surface area (TPSA) is 44.8 Å². The van der Waals surface area contributed by atoms with Gasteiger partial charge in [-0.1, -0.05) is 42.5 Å². The van der Waals surface area contributed by atoms with Gasteiger partial charge in [-0.2, -0.15) is 0 Å². The number of esters is 1. The molecule has 3 aromatic rings. The van der Waals surface area contributed by atoms with Gasteiger partial charge in [-0.3, -0.25) is 0 Å². The summed E-state index contributed by atoms with van der Waals surface area (Å²) in [6.07, 6.45) is 0. The van der Waals surface area contributed by atoms with Crippen molar-refractivity contribution in [3.8, 4) is 11.5 Å². The van der Waals surface area contributed by atoms with Crippen LogP contribution in [0.1, 0.15) is 35.1 Å². The monoisotopic (exact) mass is 402 g/mol. The van der Waals surface area contributed by atoms with Crippen LogP contribution in [0.2, 0.25) is 0 Å². The van der Waals surface area contributed by atoms with E-state index in [1.165, 1.54) is 12.1 Å². The highest BCUT2D eigenvalue weighted by molar-refractivity contribution is 6.07. The van der Waals surface area contributed by atoms with Gasteiger partial charge in [-0.15, -0.1) is 0 Å². The van der Waals surface area contributed by atoms with Crippen molar-refractivity contribution >= 4 is 11.5 Å². The maximum absolute atomic E-state index is 13.6. The first-order valence-electron chi connectivity index (χ1n) is 9.83. The zero-order valence-electron chi connectivity index (χ0n) is 16.4. The normalized spacial score (nSPS) is 16.5. The first-order valence-corrected chi connectivity index (χ1v) is 9.83. The number of carbonyl (C=O) groups is 1. The highest BCUT2D eigenvalue weighted by atomic mass is 19.1. The minimum atomic E-state index is -0.379. The third kappa shape index (κ3) is 2.94. The maximum Gasteiger partial charge on any atom is 0.335 e. The van der Waals surface area contributed by atoms with Gasteiger partial charge >= 0.3 is 5.97 Å². The Balaban J connectivity index is 1.76. The highest BCUT2D eigenvalue weighted by Crippen LogP contribution is 2.49. The number of ether oxygens (including phenoxy) is 3. The lowest BCUT2D eigenvalue weighted by Gasteiger charge is -2.17. The molecule has 0 radical (unpaired) electrons. The van der Waals surface area contributed by atoms with Crippen LogP contribution in [0.15, 0.2) is 72.3 Å². The van der Waals surface area contributed by atoms with E-state index in [4.69, 9.17) is 14.2 Å². The first kappa shape index (κ1) is 18.4. The average molecular weight is 402 g/mol. The molecule has 5 heteroatoms. The van der Waals surface area contributed by atoms with Gasteiger partial charge in [-0.25, -0.2) is 9.18 Å². The lowest BCUT2D eigenvalue weighted by molar-refractivity contribution is -0.138. The molecule has 0 N–H and O–H groups in total. The molecule has 1 heterocycles. The second-order valence-electron chi connectivity index (χ2n) is 7.15. The molecule has 2 aliphatic rings. The largest absolute Gasteiger partial charge is 0.463 e. The molecular formula is C25H19FO4. The molecule has 4 nitrogen and oxygen atoms in total. The lowest BCUT2D eigenvalue weighted by Crippen LogP contribution is -2.14. The van der Waals surface area contributed by atoms with E-state index < -0.39 is 0 Å². The SMILES string of the molecule is CCOC(=O)C1=C(c2ccc3c(c2)OCO3)c2ccccc2C1c1ccc(F)cc1. The Morgan fingerprint density at radius 2 is 1.80 bits per heavy atom. The van der Waals surface area contributed by atoms with Gasteiger partial charge in [0.2, 0.25) is 6.79 Å². The Bertz CT molecular complexity index is 1160. The summed E-state index contributed by atoms with van der Waals surface area (Å²) in [6.45, 7) is 2.23. The van der Waals surface area contributed by atoms with E-state index in [2.05, 4.69) is 0 Å². The van der Waals surface area contributed by atoms with Crippen LogP contribution in [0.5, 0.6) is 11.5 Å². The van der Waals surface area contributed by atoms with Crippen molar-refractivity contribution < 1.29 is 23.4 Å². The zero-order valence-corrected chi connectivity index (χ0v) is 16.4. The fourth-order valence-electron chi connectivity index (χ4n) is 4.21. The fraction of sp³-hybridized carbons (Fsp3) is 0.160. The number of rotatable bonds is 4. The summed E-state index contributed by atoms with van der Waals surface area (Å²) >= 11 is 0. The summed E-state index contributed by atoms with van der Waals surface area (Å²) in [7, 11) is 0. The van der Waals surface area contributed by atoms with E-state index in [0.29, 0.717) is 17.1 Å². The molecule has 5 rings (SSSR count). The molecule has 3 aromatic carbocycles. The van der Waals surface area contributed by atoms with Crippen molar-refractivity contribution in [2.75, 3.05) is 13.4 Å². The van der Waals surface area contributed by atoms with Crippen molar-refractivity contribution in [3.05, 3.63) is 100 Å². The van der Waals surface area contributed by atoms with Gasteiger partial charge in [0.15, 0.2) is 11.5 Å². The van der Waals surface area contributed by atoms with Gasteiger partial charge < -0.3 is 14.2 Å². The van der Waals surface area contributed by atoms with E-state index in [9.17, 15) is 9.18 Å². The second-order valence-corrected chi connectivity index (χ2v) is 7.15. The summed E-state index contributed by atoms with van der Waals surface area (Å²) < 4.78 is 30.0. The van der Waals surface area contributed by atoms with Gasteiger partial charge in [0.25, 0.3) is 0 Å². The first-order chi connectivity index (χ1) is 14.7. The van der Waals surface area contributed by atoms with Crippen molar-refractivity contribution in [2.45, 2.75) is 12.8 Å². The van der Waals surface area contributed by atoms with E-state index in [0.717, 1.165) is 27.8 Å². The molecule has 1 aliphatic heterocycles. The van der Waals surface area contributed by atoms with Crippen LogP contribution < -0.4 is 9.47 Å². The molecule has 0 fully saturated rings. The molecule has 0 spiro atoms. The molecule has 150 valence electrons. The molecule has 1 aliphatic carbocycles. The van der Waals surface area contributed by atoms with Crippen molar-refractivity contribution in [3.63, 3.8) is 0 Å². The Morgan fingerprint density at radius 1 is 1.03 bits per heavy atom. The number of benzene rings is 3. The fourth-order valence-corrected chi connectivity index (χ4v) is 4.21. The van der Waals surface area contributed by atoms with Gasteiger partial charge in [0.05, 0.1) is 12.2 Å². The predicted molar refractivity (Wildman–Crippen MR) is 110 cm³/mol. The number of hydrogen-bond acceptors (Lipinski definition) is 4. The summed E-state index contributed by atoms with van der Waals surface area (Å²) in [5.41, 5.74) is 4.97. The van der Waals surface area contributed by atoms with Crippen LogP contribution in [0.25, 0.3) is 5.57 Å². The van der Waals surface area contributed by atoms with Gasteiger partial charge in [0.1, 0.15) is 5.82 Å². The molecule has 1 atom stereocenters. The number of halogens is 1. The summed E-state index contributed by atoms with van der Waals surface area (Å²) in [5, 5.41) is 0. The third-order valence-electron chi connectivity index (χ3n) is 5.46. The molecular weight excluding hydrogens is 383 g/mol. The molecule has 30 heavy (non-hydrogen) atoms. The van der Waals surface area contributed by atoms with Crippen molar-refractivity contribution in [1.29, 1.82) is 0 Å². The van der Waals surface area contributed by atoms with Crippen molar-refractivity contribution in [2.24, 2.45) is 0 Å². The standard InChI is InChI=1S/C25H19FO4/c1-2-28-25(27)24-22(15-7-10-17(26)11-8-15)18-5-3-4-6-19(18)23(24)16-9-12-20-21(13-16)30-14-29-20/h3-13,22H,2,14H2,1H3. The Morgan fingerprint density at radius 3 is 2.60 bits per heavy atom. The van der Waals surface area contributed by atoms with Crippen LogP contribution in [-0.4, -0.2) is 19.4 Å². The molecule has 0 aromatic heterocycles. The quantitative estimate of drug-likeness (QED) is 0.572. The Hall–Kier alpha value is -3.60. The smallest absolute Gasteiger partial charge is 0.335 e. The van der Waals surface area contributed by atoms with E-state index in [1.807, 2.05) is 42.5 Å². The van der Waals surface area contributed by atoms with Crippen LogP contribution in [-0.2, 0) is 9.53 Å². The summed E-state index contributed by atoms with van der Waals surface area (Å²) in [6, 6.07) is 19.8. The minimum Gasteiger partial charge on any atom is -0.463 e. The van der Waals surface area contributed by atoms with E-state index in [1.54, 1.807) is 19.1 Å². The molecule has 1 unspecified atom stereocenters. The Labute approximate surface area is 173 Å². The lowest BCUT2D eigenvalue weighted by atomic mass is 9.88. The summed E-state index contributed by atoms with van der Waals surface area (Å²) in [4.78, 5) is 13.2. The molecule has 0 saturated carbocycles. The maximum atomic E-state index is 13.6. The van der Waals surface area contributed by atoms with Crippen molar-refractivity contribution in [1.82, 2.24) is 0 Å². The number of fused-ring (bicyclic) bond motifs is 2. The minimum absolute atomic E-state index is 0.178. The highest BCUT2D eigenvalue weighted by Gasteiger charge is 2.38. The predicted octanol–water partition coefficient (Wildman–Crippen LogP) is 5.06. The van der Waals surface area contributed by atoms with Crippen LogP contribution >= 0.6 is 0 Å². The van der Waals surface area contributed by atoms with Crippen LogP contribution in [0.3, 0.4) is 0 Å². The summed E-state index contributed by atoms with van der Waals surface area (Å²) in [5.74, 6) is 0.281. The zero-order chi connectivity index (χ0) is 20.7. The van der Waals surface area contributed by atoms with Gasteiger partial charge in [-0.05, 0) is 53.4 Å². The second kappa shape index (κ2) is 7.34. The molecule has 0 amide bonds.